The maximum Gasteiger partial charge on any atom is 0.127 e. The van der Waals surface area contributed by atoms with E-state index in [0.29, 0.717) is 17.0 Å². The first-order valence-corrected chi connectivity index (χ1v) is 6.53. The second kappa shape index (κ2) is 6.13. The Morgan fingerprint density at radius 2 is 2.00 bits per heavy atom. The molecule has 0 saturated heterocycles. The van der Waals surface area contributed by atoms with Crippen LogP contribution in [0.25, 0.3) is 0 Å². The molecule has 0 saturated carbocycles. The zero-order chi connectivity index (χ0) is 13.8. The van der Waals surface area contributed by atoms with Crippen molar-refractivity contribution in [2.75, 3.05) is 7.05 Å². The molecule has 0 aliphatic rings. The van der Waals surface area contributed by atoms with Crippen molar-refractivity contribution in [1.82, 2.24) is 10.3 Å². The second-order valence-corrected chi connectivity index (χ2v) is 4.86. The van der Waals surface area contributed by atoms with Gasteiger partial charge in [-0.1, -0.05) is 23.7 Å². The molecular formula is C15H16ClFN2. The Balaban J connectivity index is 2.29. The molecule has 1 unspecified atom stereocenters. The van der Waals surface area contributed by atoms with Crippen molar-refractivity contribution in [3.8, 4) is 0 Å². The topological polar surface area (TPSA) is 24.9 Å². The van der Waals surface area contributed by atoms with E-state index in [4.69, 9.17) is 11.6 Å². The van der Waals surface area contributed by atoms with E-state index in [1.165, 1.54) is 6.07 Å². The molecule has 2 aromatic rings. The third kappa shape index (κ3) is 3.31. The van der Waals surface area contributed by atoms with E-state index in [-0.39, 0.29) is 11.9 Å². The number of rotatable bonds is 4. The van der Waals surface area contributed by atoms with Gasteiger partial charge in [-0.2, -0.15) is 0 Å². The van der Waals surface area contributed by atoms with Crippen molar-refractivity contribution in [2.24, 2.45) is 0 Å². The number of benzene rings is 1. The van der Waals surface area contributed by atoms with Gasteiger partial charge >= 0.3 is 0 Å². The largest absolute Gasteiger partial charge is 0.311 e. The maximum absolute atomic E-state index is 13.8. The van der Waals surface area contributed by atoms with Crippen molar-refractivity contribution < 1.29 is 4.39 Å². The highest BCUT2D eigenvalue weighted by molar-refractivity contribution is 6.31. The molecule has 0 amide bonds. The van der Waals surface area contributed by atoms with Gasteiger partial charge in [-0.3, -0.25) is 4.98 Å². The number of aromatic nitrogens is 1. The predicted molar refractivity (Wildman–Crippen MR) is 75.9 cm³/mol. The molecule has 0 aliphatic heterocycles. The van der Waals surface area contributed by atoms with Crippen LogP contribution in [-0.4, -0.2) is 12.0 Å². The summed E-state index contributed by atoms with van der Waals surface area (Å²) in [5.74, 6) is -0.277. The van der Waals surface area contributed by atoms with Gasteiger partial charge in [0.2, 0.25) is 0 Å². The molecule has 1 N–H and O–H groups in total. The Kier molecular flexibility index (Phi) is 4.51. The van der Waals surface area contributed by atoms with Gasteiger partial charge in [0.05, 0.1) is 11.7 Å². The van der Waals surface area contributed by atoms with Gasteiger partial charge in [-0.25, -0.2) is 4.39 Å². The third-order valence-corrected chi connectivity index (χ3v) is 3.44. The number of halogens is 2. The fraction of sp³-hybridized carbons (Fsp3) is 0.267. The monoisotopic (exact) mass is 278 g/mol. The van der Waals surface area contributed by atoms with Gasteiger partial charge in [-0.05, 0) is 44.7 Å². The molecular weight excluding hydrogens is 263 g/mol. The van der Waals surface area contributed by atoms with E-state index in [1.807, 2.05) is 32.2 Å². The quantitative estimate of drug-likeness (QED) is 0.923. The van der Waals surface area contributed by atoms with E-state index in [1.54, 1.807) is 12.1 Å². The first-order chi connectivity index (χ1) is 9.11. The number of pyridine rings is 1. The SMILES string of the molecule is CNC(Cc1c(F)cccc1Cl)c1cccc(C)n1. The smallest absolute Gasteiger partial charge is 0.127 e. The highest BCUT2D eigenvalue weighted by Gasteiger charge is 2.16. The Hall–Kier alpha value is -1.45. The summed E-state index contributed by atoms with van der Waals surface area (Å²) in [6.07, 6.45) is 0.471. The van der Waals surface area contributed by atoms with Crippen molar-refractivity contribution in [3.05, 3.63) is 64.2 Å². The fourth-order valence-electron chi connectivity index (χ4n) is 2.04. The maximum atomic E-state index is 13.8. The molecule has 0 bridgehead atoms. The summed E-state index contributed by atoms with van der Waals surface area (Å²) < 4.78 is 13.8. The Bertz CT molecular complexity index is 552. The molecule has 4 heteroatoms. The van der Waals surface area contributed by atoms with Crippen molar-refractivity contribution in [3.63, 3.8) is 0 Å². The number of nitrogens with one attached hydrogen (secondary N) is 1. The van der Waals surface area contributed by atoms with Gasteiger partial charge in [0.1, 0.15) is 5.82 Å². The van der Waals surface area contributed by atoms with Gasteiger partial charge in [0.25, 0.3) is 0 Å². The first-order valence-electron chi connectivity index (χ1n) is 6.15. The number of likely N-dealkylation sites (N-methyl/N-ethyl adjacent to an activating group) is 1. The molecule has 19 heavy (non-hydrogen) atoms. The van der Waals surface area contributed by atoms with Crippen molar-refractivity contribution >= 4 is 11.6 Å². The molecule has 2 rings (SSSR count). The van der Waals surface area contributed by atoms with Gasteiger partial charge in [0.15, 0.2) is 0 Å². The Morgan fingerprint density at radius 3 is 2.63 bits per heavy atom. The van der Waals surface area contributed by atoms with E-state index in [2.05, 4.69) is 10.3 Å². The third-order valence-electron chi connectivity index (χ3n) is 3.09. The average molecular weight is 279 g/mol. The molecule has 2 nitrogen and oxygen atoms in total. The molecule has 0 aliphatic carbocycles. The van der Waals surface area contributed by atoms with E-state index in [9.17, 15) is 4.39 Å². The minimum Gasteiger partial charge on any atom is -0.311 e. The summed E-state index contributed by atoms with van der Waals surface area (Å²) in [6.45, 7) is 1.94. The molecule has 1 atom stereocenters. The predicted octanol–water partition coefficient (Wildman–Crippen LogP) is 3.69. The lowest BCUT2D eigenvalue weighted by atomic mass is 10.0. The number of hydrogen-bond donors (Lipinski definition) is 1. The average Bonchev–Trinajstić information content (AvgIpc) is 2.38. The summed E-state index contributed by atoms with van der Waals surface area (Å²) in [5, 5.41) is 3.61. The van der Waals surface area contributed by atoms with Crippen molar-refractivity contribution in [1.29, 1.82) is 0 Å². The van der Waals surface area contributed by atoms with Gasteiger partial charge < -0.3 is 5.32 Å². The Labute approximate surface area is 117 Å². The minimum atomic E-state index is -0.277. The Morgan fingerprint density at radius 1 is 1.26 bits per heavy atom. The molecule has 0 spiro atoms. The molecule has 1 aromatic carbocycles. The van der Waals surface area contributed by atoms with Crippen LogP contribution in [0.1, 0.15) is 23.0 Å². The summed E-state index contributed by atoms with van der Waals surface area (Å²) >= 11 is 6.06. The van der Waals surface area contributed by atoms with Crippen molar-refractivity contribution in [2.45, 2.75) is 19.4 Å². The summed E-state index contributed by atoms with van der Waals surface area (Å²) in [6, 6.07) is 10.5. The summed E-state index contributed by atoms with van der Waals surface area (Å²) in [7, 11) is 1.84. The molecule has 1 aromatic heterocycles. The van der Waals surface area contributed by atoms with E-state index in [0.717, 1.165) is 11.4 Å². The minimum absolute atomic E-state index is 0.0608. The zero-order valence-corrected chi connectivity index (χ0v) is 11.7. The normalized spacial score (nSPS) is 12.4. The van der Waals surface area contributed by atoms with Crippen LogP contribution in [0.4, 0.5) is 4.39 Å². The number of aryl methyl sites for hydroxylation is 1. The van der Waals surface area contributed by atoms with Gasteiger partial charge in [0, 0.05) is 16.3 Å². The fourth-order valence-corrected chi connectivity index (χ4v) is 2.28. The standard InChI is InChI=1S/C15H16ClFN2/c1-10-5-3-8-14(19-10)15(18-2)9-11-12(16)6-4-7-13(11)17/h3-8,15,18H,9H2,1-2H3. The first kappa shape index (κ1) is 14.0. The highest BCUT2D eigenvalue weighted by Crippen LogP contribution is 2.25. The van der Waals surface area contributed by atoms with Crippen LogP contribution in [0.15, 0.2) is 36.4 Å². The highest BCUT2D eigenvalue weighted by atomic mass is 35.5. The van der Waals surface area contributed by atoms with E-state index < -0.39 is 0 Å². The lowest BCUT2D eigenvalue weighted by Gasteiger charge is -2.17. The molecule has 1 heterocycles. The van der Waals surface area contributed by atoms with Crippen LogP contribution in [0.3, 0.4) is 0 Å². The second-order valence-electron chi connectivity index (χ2n) is 4.45. The van der Waals surface area contributed by atoms with Crippen LogP contribution in [0.2, 0.25) is 5.02 Å². The lowest BCUT2D eigenvalue weighted by Crippen LogP contribution is -2.21. The molecule has 0 radical (unpaired) electrons. The summed E-state index contributed by atoms with van der Waals surface area (Å²) in [5.41, 5.74) is 2.35. The zero-order valence-electron chi connectivity index (χ0n) is 11.0. The molecule has 0 fully saturated rings. The summed E-state index contributed by atoms with van der Waals surface area (Å²) in [4.78, 5) is 4.47. The lowest BCUT2D eigenvalue weighted by molar-refractivity contribution is 0.544. The van der Waals surface area contributed by atoms with Crippen LogP contribution in [0, 0.1) is 12.7 Å². The van der Waals surface area contributed by atoms with Crippen LogP contribution in [0.5, 0.6) is 0 Å². The number of nitrogens with zero attached hydrogens (tertiary/aromatic N) is 1. The van der Waals surface area contributed by atoms with Gasteiger partial charge in [-0.15, -0.1) is 0 Å². The van der Waals surface area contributed by atoms with Crippen LogP contribution < -0.4 is 5.32 Å². The van der Waals surface area contributed by atoms with Crippen LogP contribution >= 0.6 is 11.6 Å². The van der Waals surface area contributed by atoms with Crippen LogP contribution in [-0.2, 0) is 6.42 Å². The number of hydrogen-bond acceptors (Lipinski definition) is 2. The molecule has 100 valence electrons. The van der Waals surface area contributed by atoms with E-state index >= 15 is 0 Å².